The molecule has 0 bridgehead atoms. The van der Waals surface area contributed by atoms with Gasteiger partial charge in [-0.2, -0.15) is 0 Å². The number of benzene rings is 1. The number of unbranched alkanes of at least 4 members (excludes halogenated alkanes) is 9. The number of rotatable bonds is 17. The molecule has 0 atom stereocenters. The third kappa shape index (κ3) is 7.75. The van der Waals surface area contributed by atoms with E-state index >= 15 is 0 Å². The molecule has 1 N–H and O–H groups in total. The zero-order valence-electron chi connectivity index (χ0n) is 20.5. The van der Waals surface area contributed by atoms with Crippen molar-refractivity contribution in [3.05, 3.63) is 28.6 Å². The van der Waals surface area contributed by atoms with E-state index in [1.807, 2.05) is 18.2 Å². The lowest BCUT2D eigenvalue weighted by atomic mass is 10.1. The molecule has 0 aliphatic heterocycles. The Morgan fingerprint density at radius 2 is 1.41 bits per heavy atom. The minimum absolute atomic E-state index is 0.0617. The maximum atomic E-state index is 13.2. The van der Waals surface area contributed by atoms with Crippen LogP contribution in [0.4, 0.5) is 0 Å². The van der Waals surface area contributed by atoms with Gasteiger partial charge in [0.05, 0.1) is 18.7 Å². The molecule has 5 heteroatoms. The monoisotopic (exact) mass is 445 g/mol. The van der Waals surface area contributed by atoms with Gasteiger partial charge in [0, 0.05) is 18.0 Å². The second-order valence-corrected chi connectivity index (χ2v) is 8.69. The molecular formula is C27H43NO4. The van der Waals surface area contributed by atoms with Gasteiger partial charge >= 0.3 is 0 Å². The van der Waals surface area contributed by atoms with Crippen molar-refractivity contribution < 1.29 is 14.6 Å². The van der Waals surface area contributed by atoms with E-state index in [1.54, 1.807) is 4.57 Å². The van der Waals surface area contributed by atoms with Gasteiger partial charge in [-0.25, -0.2) is 0 Å². The number of hydrogen-bond donors (Lipinski definition) is 1. The number of ether oxygens (including phenoxy) is 2. The van der Waals surface area contributed by atoms with E-state index in [0.29, 0.717) is 30.7 Å². The van der Waals surface area contributed by atoms with Gasteiger partial charge in [0.2, 0.25) is 5.75 Å². The number of aryl methyl sites for hydroxylation is 1. The molecular weight excluding hydrogens is 402 g/mol. The summed E-state index contributed by atoms with van der Waals surface area (Å²) in [7, 11) is 0. The maximum Gasteiger partial charge on any atom is 0.297 e. The predicted octanol–water partition coefficient (Wildman–Crippen LogP) is 7.21. The Labute approximate surface area is 193 Å². The average Bonchev–Trinajstić information content (AvgIpc) is 2.80. The lowest BCUT2D eigenvalue weighted by Crippen LogP contribution is -2.23. The minimum Gasteiger partial charge on any atom is -0.504 e. The summed E-state index contributed by atoms with van der Waals surface area (Å²) in [5.41, 5.74) is 0.461. The summed E-state index contributed by atoms with van der Waals surface area (Å²) in [6.07, 6.45) is 13.4. The smallest absolute Gasteiger partial charge is 0.297 e. The summed E-state index contributed by atoms with van der Waals surface area (Å²) in [6, 6.07) is 5.61. The van der Waals surface area contributed by atoms with Gasteiger partial charge in [-0.1, -0.05) is 78.6 Å². The molecule has 0 radical (unpaired) electrons. The maximum absolute atomic E-state index is 13.2. The Morgan fingerprint density at radius 1 is 0.781 bits per heavy atom. The van der Waals surface area contributed by atoms with Crippen molar-refractivity contribution in [3.63, 3.8) is 0 Å². The highest BCUT2D eigenvalue weighted by Crippen LogP contribution is 2.33. The molecule has 1 heterocycles. The fourth-order valence-corrected chi connectivity index (χ4v) is 3.92. The third-order valence-electron chi connectivity index (χ3n) is 5.92. The van der Waals surface area contributed by atoms with Gasteiger partial charge in [-0.15, -0.1) is 0 Å². The van der Waals surface area contributed by atoms with E-state index in [-0.39, 0.29) is 17.1 Å². The molecule has 1 aromatic carbocycles. The van der Waals surface area contributed by atoms with Crippen molar-refractivity contribution in [2.45, 2.75) is 104 Å². The first-order valence-electron chi connectivity index (χ1n) is 12.8. The van der Waals surface area contributed by atoms with Crippen LogP contribution < -0.4 is 15.0 Å². The number of hydrogen-bond acceptors (Lipinski definition) is 4. The third-order valence-corrected chi connectivity index (χ3v) is 5.92. The normalized spacial score (nSPS) is 11.2. The Kier molecular flexibility index (Phi) is 12.1. The molecule has 0 amide bonds. The largest absolute Gasteiger partial charge is 0.504 e. The first-order chi connectivity index (χ1) is 15.6. The summed E-state index contributed by atoms with van der Waals surface area (Å²) in [4.78, 5) is 13.2. The first-order valence-corrected chi connectivity index (χ1v) is 12.8. The zero-order chi connectivity index (χ0) is 23.2. The fraction of sp³-hybridized carbons (Fsp3) is 0.667. The van der Waals surface area contributed by atoms with E-state index in [0.717, 1.165) is 50.7 Å². The highest BCUT2D eigenvalue weighted by Gasteiger charge is 2.18. The van der Waals surface area contributed by atoms with E-state index in [1.165, 1.54) is 32.1 Å². The molecule has 2 rings (SSSR count). The van der Waals surface area contributed by atoms with Crippen LogP contribution >= 0.6 is 0 Å². The highest BCUT2D eigenvalue weighted by atomic mass is 16.5. The number of aromatic hydroxyl groups is 1. The van der Waals surface area contributed by atoms with E-state index in [2.05, 4.69) is 20.8 Å². The summed E-state index contributed by atoms with van der Waals surface area (Å²) in [6.45, 7) is 8.19. The van der Waals surface area contributed by atoms with Crippen LogP contribution in [0.25, 0.3) is 10.9 Å². The molecule has 5 nitrogen and oxygen atoms in total. The van der Waals surface area contributed by atoms with E-state index in [9.17, 15) is 9.90 Å². The second kappa shape index (κ2) is 14.8. The van der Waals surface area contributed by atoms with Crippen LogP contribution in [0.15, 0.2) is 23.0 Å². The van der Waals surface area contributed by atoms with Crippen LogP contribution in [-0.2, 0) is 6.54 Å². The fourth-order valence-electron chi connectivity index (χ4n) is 3.92. The highest BCUT2D eigenvalue weighted by molar-refractivity contribution is 5.88. The lowest BCUT2D eigenvalue weighted by Gasteiger charge is -2.16. The van der Waals surface area contributed by atoms with Crippen molar-refractivity contribution >= 4 is 10.9 Å². The van der Waals surface area contributed by atoms with Crippen molar-refractivity contribution in [1.29, 1.82) is 0 Å². The van der Waals surface area contributed by atoms with Gasteiger partial charge in [-0.3, -0.25) is 4.79 Å². The summed E-state index contributed by atoms with van der Waals surface area (Å²) in [5, 5.41) is 11.4. The molecule has 32 heavy (non-hydrogen) atoms. The SMILES string of the molecule is CCCCCCCCOc1ccc2c(O)c(OCCCC)c(=O)n(CCCCCC)c2c1. The van der Waals surface area contributed by atoms with Gasteiger partial charge in [0.25, 0.3) is 5.56 Å². The average molecular weight is 446 g/mol. The van der Waals surface area contributed by atoms with Crippen LogP contribution in [0.3, 0.4) is 0 Å². The minimum atomic E-state index is -0.254. The summed E-state index contributed by atoms with van der Waals surface area (Å²) in [5.74, 6) is 0.752. The van der Waals surface area contributed by atoms with Crippen molar-refractivity contribution in [1.82, 2.24) is 4.57 Å². The van der Waals surface area contributed by atoms with Crippen LogP contribution in [0.5, 0.6) is 17.2 Å². The Hall–Kier alpha value is -2.17. The van der Waals surface area contributed by atoms with Gasteiger partial charge in [-0.05, 0) is 31.4 Å². The topological polar surface area (TPSA) is 60.7 Å². The van der Waals surface area contributed by atoms with Gasteiger partial charge in [0.15, 0.2) is 5.75 Å². The van der Waals surface area contributed by atoms with Crippen LogP contribution in [0.2, 0.25) is 0 Å². The van der Waals surface area contributed by atoms with Gasteiger partial charge < -0.3 is 19.1 Å². The summed E-state index contributed by atoms with van der Waals surface area (Å²) < 4.78 is 13.5. The van der Waals surface area contributed by atoms with Crippen LogP contribution in [0.1, 0.15) is 97.8 Å². The zero-order valence-corrected chi connectivity index (χ0v) is 20.5. The van der Waals surface area contributed by atoms with E-state index < -0.39 is 0 Å². The number of pyridine rings is 1. The molecule has 0 saturated carbocycles. The molecule has 1 aromatic heterocycles. The second-order valence-electron chi connectivity index (χ2n) is 8.69. The van der Waals surface area contributed by atoms with E-state index in [4.69, 9.17) is 9.47 Å². The Morgan fingerprint density at radius 3 is 2.12 bits per heavy atom. The molecule has 0 aliphatic carbocycles. The first kappa shape index (κ1) is 26.1. The quantitative estimate of drug-likeness (QED) is 0.261. The number of aromatic nitrogens is 1. The molecule has 2 aromatic rings. The number of fused-ring (bicyclic) bond motifs is 1. The standard InChI is InChI=1S/C27H43NO4/c1-4-7-10-12-13-15-20-31-22-16-17-23-24(21-22)28(18-14-11-8-5-2)27(30)26(25(23)29)32-19-9-6-3/h16-17,21,29H,4-15,18-20H2,1-3H3. The van der Waals surface area contributed by atoms with Crippen molar-refractivity contribution in [2.24, 2.45) is 0 Å². The lowest BCUT2D eigenvalue weighted by molar-refractivity contribution is 0.287. The van der Waals surface area contributed by atoms with Gasteiger partial charge in [0.1, 0.15) is 5.75 Å². The predicted molar refractivity (Wildman–Crippen MR) is 133 cm³/mol. The molecule has 0 saturated heterocycles. The molecule has 0 unspecified atom stereocenters. The molecule has 0 spiro atoms. The van der Waals surface area contributed by atoms with Crippen molar-refractivity contribution in [2.75, 3.05) is 13.2 Å². The molecule has 180 valence electrons. The van der Waals surface area contributed by atoms with Crippen molar-refractivity contribution in [3.8, 4) is 17.2 Å². The Balaban J connectivity index is 2.21. The number of nitrogens with zero attached hydrogens (tertiary/aromatic N) is 1. The molecule has 0 aliphatic rings. The molecule has 0 fully saturated rings. The Bertz CT molecular complexity index is 859. The van der Waals surface area contributed by atoms with Crippen LogP contribution in [0, 0.1) is 0 Å². The summed E-state index contributed by atoms with van der Waals surface area (Å²) >= 11 is 0. The van der Waals surface area contributed by atoms with Crippen LogP contribution in [-0.4, -0.2) is 22.9 Å².